The van der Waals surface area contributed by atoms with E-state index in [0.717, 1.165) is 38.5 Å². The maximum atomic E-state index is 13.0. The van der Waals surface area contributed by atoms with Crippen molar-refractivity contribution in [3.63, 3.8) is 0 Å². The first-order chi connectivity index (χ1) is 15.6. The van der Waals surface area contributed by atoms with Crippen LogP contribution in [-0.2, 0) is 9.59 Å². The molecule has 4 fully saturated rings. The number of aliphatic hydroxyl groups is 1. The molecule has 0 unspecified atom stereocenters. The normalized spacial score (nSPS) is 51.3. The highest BCUT2D eigenvalue weighted by atomic mass is 16.4. The quantitative estimate of drug-likeness (QED) is 0.434. The lowest BCUT2D eigenvalue weighted by Gasteiger charge is -2.71. The van der Waals surface area contributed by atoms with E-state index in [1.165, 1.54) is 5.57 Å². The van der Waals surface area contributed by atoms with E-state index in [2.05, 4.69) is 40.7 Å². The topological polar surface area (TPSA) is 74.6 Å². The van der Waals surface area contributed by atoms with Crippen molar-refractivity contribution in [2.24, 2.45) is 50.2 Å². The van der Waals surface area contributed by atoms with Gasteiger partial charge in [0.05, 0.1) is 11.5 Å². The molecule has 0 aromatic carbocycles. The first-order valence-electron chi connectivity index (χ1n) is 13.7. The summed E-state index contributed by atoms with van der Waals surface area (Å²) in [7, 11) is 0. The van der Waals surface area contributed by atoms with Crippen LogP contribution in [0, 0.1) is 50.2 Å². The van der Waals surface area contributed by atoms with E-state index in [4.69, 9.17) is 0 Å². The van der Waals surface area contributed by atoms with Crippen LogP contribution in [0.25, 0.3) is 0 Å². The molecular weight excluding hydrogens is 424 g/mol. The number of fused-ring (bicyclic) bond motifs is 7. The van der Waals surface area contributed by atoms with Crippen LogP contribution in [-0.4, -0.2) is 28.1 Å². The second kappa shape index (κ2) is 6.99. The SMILES string of the molecule is CC1(C)C[C@@H]2C3=CC[C@@H]4[C@]5(C)CC[C@@H](O)C(C)(C)[C@@H]5CC[C@@]4(C)[C@]3(C)CC[C@@]2(C(=O)O)CC1=O. The lowest BCUT2D eigenvalue weighted by Crippen LogP contribution is -2.65. The second-order valence-corrected chi connectivity index (χ2v) is 14.9. The molecule has 2 N–H and O–H groups in total. The van der Waals surface area contributed by atoms with Crippen LogP contribution in [0.4, 0.5) is 0 Å². The molecular formula is C30H46O4. The Morgan fingerprint density at radius 3 is 2.26 bits per heavy atom. The number of Topliss-reactive ketones (excluding diaryl/α,β-unsaturated/α-hetero) is 1. The Bertz CT molecular complexity index is 961. The van der Waals surface area contributed by atoms with Gasteiger partial charge >= 0.3 is 5.97 Å². The van der Waals surface area contributed by atoms with E-state index in [-0.39, 0.29) is 45.9 Å². The van der Waals surface area contributed by atoms with Crippen molar-refractivity contribution in [1.82, 2.24) is 0 Å². The van der Waals surface area contributed by atoms with Crippen molar-refractivity contribution >= 4 is 11.8 Å². The highest BCUT2D eigenvalue weighted by molar-refractivity contribution is 5.92. The van der Waals surface area contributed by atoms with Crippen molar-refractivity contribution < 1.29 is 19.8 Å². The number of rotatable bonds is 1. The molecule has 4 saturated carbocycles. The average molecular weight is 471 g/mol. The van der Waals surface area contributed by atoms with E-state index < -0.39 is 16.8 Å². The fraction of sp³-hybridized carbons (Fsp3) is 0.867. The minimum absolute atomic E-state index is 0.0375. The highest BCUT2D eigenvalue weighted by Crippen LogP contribution is 2.75. The Morgan fingerprint density at radius 1 is 0.941 bits per heavy atom. The van der Waals surface area contributed by atoms with Gasteiger partial charge in [-0.2, -0.15) is 0 Å². The van der Waals surface area contributed by atoms with Crippen molar-refractivity contribution in [1.29, 1.82) is 0 Å². The zero-order chi connectivity index (χ0) is 25.1. The van der Waals surface area contributed by atoms with Crippen molar-refractivity contribution in [2.45, 2.75) is 112 Å². The molecule has 4 heteroatoms. The van der Waals surface area contributed by atoms with E-state index in [1.807, 2.05) is 13.8 Å². The monoisotopic (exact) mass is 470 g/mol. The number of carbonyl (C=O) groups is 2. The Morgan fingerprint density at radius 2 is 1.62 bits per heavy atom. The fourth-order valence-electron chi connectivity index (χ4n) is 10.4. The number of ketones is 1. The molecule has 5 aliphatic rings. The largest absolute Gasteiger partial charge is 0.481 e. The molecule has 0 aromatic rings. The maximum Gasteiger partial charge on any atom is 0.310 e. The van der Waals surface area contributed by atoms with Gasteiger partial charge in [-0.3, -0.25) is 9.59 Å². The molecule has 5 aliphatic carbocycles. The number of carboxylic acids is 1. The molecule has 8 atom stereocenters. The van der Waals surface area contributed by atoms with Gasteiger partial charge in [0.2, 0.25) is 0 Å². The van der Waals surface area contributed by atoms with Gasteiger partial charge < -0.3 is 10.2 Å². The lowest BCUT2D eigenvalue weighted by atomic mass is 9.33. The van der Waals surface area contributed by atoms with Gasteiger partial charge in [-0.1, -0.05) is 60.1 Å². The van der Waals surface area contributed by atoms with Gasteiger partial charge in [-0.15, -0.1) is 0 Å². The molecule has 0 radical (unpaired) electrons. The summed E-state index contributed by atoms with van der Waals surface area (Å²) in [6.07, 6.45) is 9.74. The van der Waals surface area contributed by atoms with Gasteiger partial charge in [0.15, 0.2) is 0 Å². The van der Waals surface area contributed by atoms with Gasteiger partial charge in [0.25, 0.3) is 0 Å². The predicted octanol–water partition coefficient (Wildman–Crippen LogP) is 6.41. The number of aliphatic hydroxyl groups excluding tert-OH is 1. The number of allylic oxidation sites excluding steroid dienone is 2. The number of carbonyl (C=O) groups excluding carboxylic acids is 1. The van der Waals surface area contributed by atoms with Crippen LogP contribution >= 0.6 is 0 Å². The Hall–Kier alpha value is -1.16. The maximum absolute atomic E-state index is 13.0. The van der Waals surface area contributed by atoms with Gasteiger partial charge in [-0.25, -0.2) is 0 Å². The standard InChI is InChI=1S/C30H46O4/c1-25(2)16-19-18-8-9-21-27(5)12-11-22(31)26(3,4)20(27)10-13-29(21,7)28(18,6)14-15-30(19,24(33)34)17-23(25)32/h8,19-22,31H,9-17H2,1-7H3,(H,33,34)/t19-,20+,21-,22-,27-,28-,29-,30-/m1/s1. The van der Waals surface area contributed by atoms with Crippen molar-refractivity contribution in [3.05, 3.63) is 11.6 Å². The predicted molar refractivity (Wildman–Crippen MR) is 133 cm³/mol. The Kier molecular flexibility index (Phi) is 5.04. The van der Waals surface area contributed by atoms with Gasteiger partial charge in [0.1, 0.15) is 5.78 Å². The molecule has 190 valence electrons. The lowest BCUT2D eigenvalue weighted by molar-refractivity contribution is -0.205. The zero-order valence-corrected chi connectivity index (χ0v) is 22.5. The minimum atomic E-state index is -0.931. The first kappa shape index (κ1) is 24.5. The second-order valence-electron chi connectivity index (χ2n) is 14.9. The summed E-state index contributed by atoms with van der Waals surface area (Å²) in [4.78, 5) is 25.7. The van der Waals surface area contributed by atoms with E-state index >= 15 is 0 Å². The van der Waals surface area contributed by atoms with Gasteiger partial charge in [-0.05, 0) is 90.8 Å². The Balaban J connectivity index is 1.61. The van der Waals surface area contributed by atoms with E-state index in [1.54, 1.807) is 0 Å². The number of hydrogen-bond donors (Lipinski definition) is 2. The first-order valence-corrected chi connectivity index (χ1v) is 13.7. The molecule has 0 amide bonds. The van der Waals surface area contributed by atoms with Gasteiger partial charge in [0, 0.05) is 11.8 Å². The smallest absolute Gasteiger partial charge is 0.310 e. The Labute approximate surface area is 206 Å². The molecule has 5 rings (SSSR count). The summed E-state index contributed by atoms with van der Waals surface area (Å²) in [5, 5.41) is 21.3. The van der Waals surface area contributed by atoms with E-state index in [0.29, 0.717) is 24.7 Å². The molecule has 0 heterocycles. The zero-order valence-electron chi connectivity index (χ0n) is 22.5. The molecule has 0 aromatic heterocycles. The molecule has 0 spiro atoms. The molecule has 0 aliphatic heterocycles. The van der Waals surface area contributed by atoms with Crippen LogP contribution in [0.2, 0.25) is 0 Å². The number of carboxylic acid groups (broad SMARTS) is 1. The van der Waals surface area contributed by atoms with Crippen LogP contribution in [0.15, 0.2) is 11.6 Å². The number of hydrogen-bond acceptors (Lipinski definition) is 3. The molecule has 4 nitrogen and oxygen atoms in total. The van der Waals surface area contributed by atoms with Crippen LogP contribution < -0.4 is 0 Å². The van der Waals surface area contributed by atoms with Crippen LogP contribution in [0.5, 0.6) is 0 Å². The third kappa shape index (κ3) is 2.75. The van der Waals surface area contributed by atoms with Crippen molar-refractivity contribution in [2.75, 3.05) is 0 Å². The molecule has 0 bridgehead atoms. The van der Waals surface area contributed by atoms with E-state index in [9.17, 15) is 19.8 Å². The van der Waals surface area contributed by atoms with Crippen LogP contribution in [0.1, 0.15) is 106 Å². The number of aliphatic carboxylic acids is 1. The average Bonchev–Trinajstić information content (AvgIpc) is 2.72. The summed E-state index contributed by atoms with van der Waals surface area (Å²) in [6, 6.07) is 0. The fourth-order valence-corrected chi connectivity index (χ4v) is 10.4. The summed E-state index contributed by atoms with van der Waals surface area (Å²) in [6.45, 7) is 16.0. The summed E-state index contributed by atoms with van der Waals surface area (Å²) in [5.74, 6) is 0.342. The minimum Gasteiger partial charge on any atom is -0.481 e. The highest BCUT2D eigenvalue weighted by Gasteiger charge is 2.69. The van der Waals surface area contributed by atoms with Crippen molar-refractivity contribution in [3.8, 4) is 0 Å². The molecule has 0 saturated heterocycles. The third-order valence-electron chi connectivity index (χ3n) is 13.0. The van der Waals surface area contributed by atoms with Crippen LogP contribution in [0.3, 0.4) is 0 Å². The summed E-state index contributed by atoms with van der Waals surface area (Å²) >= 11 is 0. The summed E-state index contributed by atoms with van der Waals surface area (Å²) in [5.41, 5.74) is 0.147. The summed E-state index contributed by atoms with van der Waals surface area (Å²) < 4.78 is 0. The molecule has 34 heavy (non-hydrogen) atoms. The third-order valence-corrected chi connectivity index (χ3v) is 13.0.